The Bertz CT molecular complexity index is 241. The Balaban J connectivity index is 2.71. The molecule has 0 aromatic carbocycles. The van der Waals surface area contributed by atoms with Crippen molar-refractivity contribution in [3.8, 4) is 0 Å². The fourth-order valence-electron chi connectivity index (χ4n) is 2.92. The van der Waals surface area contributed by atoms with Crippen molar-refractivity contribution in [3.63, 3.8) is 0 Å². The van der Waals surface area contributed by atoms with E-state index >= 15 is 0 Å². The van der Waals surface area contributed by atoms with Gasteiger partial charge in [-0.25, -0.2) is 0 Å². The van der Waals surface area contributed by atoms with Gasteiger partial charge in [0.05, 0.1) is 12.0 Å². The SMILES string of the molecule is CCOC(=O)C(C)(CCC(C)C)C1CCCC1. The second-order valence-corrected chi connectivity index (χ2v) is 6.05. The maximum absolute atomic E-state index is 12.2. The summed E-state index contributed by atoms with van der Waals surface area (Å²) < 4.78 is 5.31. The minimum atomic E-state index is -0.239. The van der Waals surface area contributed by atoms with E-state index in [4.69, 9.17) is 4.74 Å². The lowest BCUT2D eigenvalue weighted by atomic mass is 9.72. The van der Waals surface area contributed by atoms with E-state index in [0.29, 0.717) is 18.4 Å². The van der Waals surface area contributed by atoms with Crippen LogP contribution >= 0.6 is 0 Å². The van der Waals surface area contributed by atoms with Gasteiger partial charge >= 0.3 is 5.97 Å². The van der Waals surface area contributed by atoms with Gasteiger partial charge in [0, 0.05) is 0 Å². The van der Waals surface area contributed by atoms with Gasteiger partial charge in [-0.2, -0.15) is 0 Å². The van der Waals surface area contributed by atoms with Gasteiger partial charge < -0.3 is 4.74 Å². The first-order valence-electron chi connectivity index (χ1n) is 7.18. The van der Waals surface area contributed by atoms with Crippen LogP contribution in [-0.2, 0) is 9.53 Å². The highest BCUT2D eigenvalue weighted by Gasteiger charge is 2.43. The van der Waals surface area contributed by atoms with E-state index in [1.54, 1.807) is 0 Å². The summed E-state index contributed by atoms with van der Waals surface area (Å²) in [4.78, 5) is 12.2. The van der Waals surface area contributed by atoms with Crippen molar-refractivity contribution in [2.45, 2.75) is 66.2 Å². The minimum Gasteiger partial charge on any atom is -0.466 e. The van der Waals surface area contributed by atoms with Crippen molar-refractivity contribution in [1.29, 1.82) is 0 Å². The van der Waals surface area contributed by atoms with Crippen LogP contribution in [0.15, 0.2) is 0 Å². The van der Waals surface area contributed by atoms with E-state index in [2.05, 4.69) is 20.8 Å². The zero-order chi connectivity index (χ0) is 12.9. The van der Waals surface area contributed by atoms with E-state index in [1.165, 1.54) is 25.7 Å². The average molecular weight is 240 g/mol. The molecule has 2 nitrogen and oxygen atoms in total. The summed E-state index contributed by atoms with van der Waals surface area (Å²) in [6.45, 7) is 8.97. The third-order valence-electron chi connectivity index (χ3n) is 4.24. The molecule has 1 saturated carbocycles. The summed E-state index contributed by atoms with van der Waals surface area (Å²) in [6, 6.07) is 0. The highest BCUT2D eigenvalue weighted by Crippen LogP contribution is 2.44. The molecule has 2 heteroatoms. The van der Waals surface area contributed by atoms with Crippen LogP contribution in [0.4, 0.5) is 0 Å². The molecule has 0 heterocycles. The van der Waals surface area contributed by atoms with Gasteiger partial charge in [-0.3, -0.25) is 4.79 Å². The maximum atomic E-state index is 12.2. The molecule has 0 saturated heterocycles. The van der Waals surface area contributed by atoms with Gasteiger partial charge in [0.1, 0.15) is 0 Å². The van der Waals surface area contributed by atoms with Gasteiger partial charge in [0.2, 0.25) is 0 Å². The number of hydrogen-bond donors (Lipinski definition) is 0. The second kappa shape index (κ2) is 6.42. The van der Waals surface area contributed by atoms with E-state index < -0.39 is 0 Å². The summed E-state index contributed by atoms with van der Waals surface area (Å²) in [5.74, 6) is 1.23. The molecule has 0 radical (unpaired) electrons. The summed E-state index contributed by atoms with van der Waals surface area (Å²) in [7, 11) is 0. The first-order chi connectivity index (χ1) is 8.00. The Morgan fingerprint density at radius 3 is 2.41 bits per heavy atom. The van der Waals surface area contributed by atoms with Crippen molar-refractivity contribution in [1.82, 2.24) is 0 Å². The van der Waals surface area contributed by atoms with Crippen LogP contribution in [0, 0.1) is 17.3 Å². The molecular weight excluding hydrogens is 212 g/mol. The molecule has 1 aliphatic carbocycles. The average Bonchev–Trinajstić information content (AvgIpc) is 2.80. The monoisotopic (exact) mass is 240 g/mol. The number of carbonyl (C=O) groups is 1. The van der Waals surface area contributed by atoms with Gasteiger partial charge in [0.15, 0.2) is 0 Å². The standard InChI is InChI=1S/C15H28O2/c1-5-17-14(16)15(4,11-10-12(2)3)13-8-6-7-9-13/h12-13H,5-11H2,1-4H3. The topological polar surface area (TPSA) is 26.3 Å². The Morgan fingerprint density at radius 1 is 1.35 bits per heavy atom. The van der Waals surface area contributed by atoms with Gasteiger partial charge in [-0.05, 0) is 51.4 Å². The third kappa shape index (κ3) is 3.72. The second-order valence-electron chi connectivity index (χ2n) is 6.05. The fourth-order valence-corrected chi connectivity index (χ4v) is 2.92. The predicted octanol–water partition coefficient (Wildman–Crippen LogP) is 4.18. The largest absolute Gasteiger partial charge is 0.466 e. The van der Waals surface area contributed by atoms with E-state index in [1.807, 2.05) is 6.92 Å². The Morgan fingerprint density at radius 2 is 1.94 bits per heavy atom. The predicted molar refractivity (Wildman–Crippen MR) is 70.8 cm³/mol. The molecule has 1 aliphatic rings. The van der Waals surface area contributed by atoms with Crippen LogP contribution in [0.2, 0.25) is 0 Å². The zero-order valence-electron chi connectivity index (χ0n) is 11.9. The first-order valence-corrected chi connectivity index (χ1v) is 7.18. The Labute approximate surface area is 106 Å². The zero-order valence-corrected chi connectivity index (χ0v) is 11.9. The van der Waals surface area contributed by atoms with Crippen LogP contribution in [-0.4, -0.2) is 12.6 Å². The molecule has 17 heavy (non-hydrogen) atoms. The molecule has 1 fully saturated rings. The molecule has 100 valence electrons. The molecule has 0 amide bonds. The maximum Gasteiger partial charge on any atom is 0.312 e. The van der Waals surface area contributed by atoms with Crippen molar-refractivity contribution in [2.75, 3.05) is 6.61 Å². The number of rotatable bonds is 6. The number of carbonyl (C=O) groups excluding carboxylic acids is 1. The smallest absolute Gasteiger partial charge is 0.312 e. The minimum absolute atomic E-state index is 0.0348. The molecule has 0 aromatic rings. The lowest BCUT2D eigenvalue weighted by Gasteiger charge is -2.33. The molecule has 0 aromatic heterocycles. The molecule has 1 rings (SSSR count). The summed E-state index contributed by atoms with van der Waals surface area (Å²) in [5.41, 5.74) is -0.239. The number of ether oxygens (including phenoxy) is 1. The quantitative estimate of drug-likeness (QED) is 0.651. The Kier molecular flexibility index (Phi) is 5.48. The van der Waals surface area contributed by atoms with Gasteiger partial charge in [-0.1, -0.05) is 26.7 Å². The Hall–Kier alpha value is -0.530. The molecular formula is C15H28O2. The molecule has 0 spiro atoms. The van der Waals surface area contributed by atoms with Crippen LogP contribution in [0.5, 0.6) is 0 Å². The van der Waals surface area contributed by atoms with Crippen molar-refractivity contribution in [2.24, 2.45) is 17.3 Å². The van der Waals surface area contributed by atoms with Gasteiger partial charge in [-0.15, -0.1) is 0 Å². The summed E-state index contributed by atoms with van der Waals surface area (Å²) >= 11 is 0. The highest BCUT2D eigenvalue weighted by atomic mass is 16.5. The lowest BCUT2D eigenvalue weighted by Crippen LogP contribution is -2.36. The van der Waals surface area contributed by atoms with Crippen molar-refractivity contribution < 1.29 is 9.53 Å². The van der Waals surface area contributed by atoms with Crippen LogP contribution in [0.25, 0.3) is 0 Å². The van der Waals surface area contributed by atoms with E-state index in [0.717, 1.165) is 12.8 Å². The highest BCUT2D eigenvalue weighted by molar-refractivity contribution is 5.76. The van der Waals surface area contributed by atoms with E-state index in [9.17, 15) is 4.79 Å². The third-order valence-corrected chi connectivity index (χ3v) is 4.24. The molecule has 1 atom stereocenters. The molecule has 1 unspecified atom stereocenters. The molecule has 0 aliphatic heterocycles. The van der Waals surface area contributed by atoms with Crippen molar-refractivity contribution in [3.05, 3.63) is 0 Å². The number of esters is 1. The lowest BCUT2D eigenvalue weighted by molar-refractivity contribution is -0.158. The van der Waals surface area contributed by atoms with E-state index in [-0.39, 0.29) is 11.4 Å². The normalized spacial score (nSPS) is 20.5. The van der Waals surface area contributed by atoms with Crippen LogP contribution < -0.4 is 0 Å². The molecule has 0 N–H and O–H groups in total. The summed E-state index contributed by atoms with van der Waals surface area (Å²) in [5, 5.41) is 0. The molecule has 0 bridgehead atoms. The number of hydrogen-bond acceptors (Lipinski definition) is 2. The fraction of sp³-hybridized carbons (Fsp3) is 0.933. The van der Waals surface area contributed by atoms with Crippen LogP contribution in [0.3, 0.4) is 0 Å². The summed E-state index contributed by atoms with van der Waals surface area (Å²) in [6.07, 6.45) is 7.06. The first kappa shape index (κ1) is 14.5. The van der Waals surface area contributed by atoms with Crippen LogP contribution in [0.1, 0.15) is 66.2 Å². The van der Waals surface area contributed by atoms with Gasteiger partial charge in [0.25, 0.3) is 0 Å². The van der Waals surface area contributed by atoms with Crippen molar-refractivity contribution >= 4 is 5.97 Å².